The van der Waals surface area contributed by atoms with Crippen LogP contribution < -0.4 is 0 Å². The van der Waals surface area contributed by atoms with Gasteiger partial charge in [-0.25, -0.2) is 0 Å². The van der Waals surface area contributed by atoms with Crippen LogP contribution in [0, 0.1) is 6.92 Å². The second kappa shape index (κ2) is 5.21. The van der Waals surface area contributed by atoms with Gasteiger partial charge in [-0.05, 0) is 30.2 Å². The predicted molar refractivity (Wildman–Crippen MR) is 74.4 cm³/mol. The summed E-state index contributed by atoms with van der Waals surface area (Å²) >= 11 is 9.51. The molecule has 0 aliphatic heterocycles. The number of hydrogen-bond acceptors (Lipinski definition) is 1. The number of rotatable bonds is 2. The highest BCUT2D eigenvalue weighted by Crippen LogP contribution is 2.29. The number of halogens is 2. The van der Waals surface area contributed by atoms with E-state index in [1.165, 1.54) is 0 Å². The normalized spacial score (nSPS) is 12.5. The van der Waals surface area contributed by atoms with E-state index in [2.05, 4.69) is 15.9 Å². The first kappa shape index (κ1) is 12.6. The SMILES string of the molecule is Cc1cc(C(O)c2ccccc2Cl)ccc1Br. The predicted octanol–water partition coefficient (Wildman–Crippen LogP) is 4.49. The molecule has 0 saturated carbocycles. The molecule has 1 unspecified atom stereocenters. The summed E-state index contributed by atoms with van der Waals surface area (Å²) in [4.78, 5) is 0. The van der Waals surface area contributed by atoms with Crippen molar-refractivity contribution in [3.8, 4) is 0 Å². The zero-order valence-electron chi connectivity index (χ0n) is 9.32. The third-order valence-corrected chi connectivity index (χ3v) is 3.93. The molecule has 0 heterocycles. The van der Waals surface area contributed by atoms with Crippen LogP contribution in [0.25, 0.3) is 0 Å². The fourth-order valence-electron chi connectivity index (χ4n) is 1.71. The number of aryl methyl sites for hydroxylation is 1. The molecule has 1 atom stereocenters. The maximum atomic E-state index is 10.3. The lowest BCUT2D eigenvalue weighted by Crippen LogP contribution is -2.00. The molecule has 0 saturated heterocycles. The Kier molecular flexibility index (Phi) is 3.87. The minimum absolute atomic E-state index is 0.584. The second-order valence-electron chi connectivity index (χ2n) is 3.93. The average Bonchev–Trinajstić information content (AvgIpc) is 2.32. The summed E-state index contributed by atoms with van der Waals surface area (Å²) in [5, 5.41) is 10.9. The largest absolute Gasteiger partial charge is 0.384 e. The van der Waals surface area contributed by atoms with Gasteiger partial charge in [-0.1, -0.05) is 57.9 Å². The molecule has 3 heteroatoms. The van der Waals surface area contributed by atoms with E-state index >= 15 is 0 Å². The fourth-order valence-corrected chi connectivity index (χ4v) is 2.20. The van der Waals surface area contributed by atoms with Gasteiger partial charge in [0.05, 0.1) is 0 Å². The quantitative estimate of drug-likeness (QED) is 0.866. The van der Waals surface area contributed by atoms with Crippen molar-refractivity contribution in [2.24, 2.45) is 0 Å². The van der Waals surface area contributed by atoms with E-state index in [1.807, 2.05) is 43.3 Å². The Morgan fingerprint density at radius 2 is 1.88 bits per heavy atom. The molecule has 0 aliphatic rings. The Morgan fingerprint density at radius 1 is 1.18 bits per heavy atom. The zero-order valence-corrected chi connectivity index (χ0v) is 11.7. The van der Waals surface area contributed by atoms with Crippen molar-refractivity contribution in [2.75, 3.05) is 0 Å². The van der Waals surface area contributed by atoms with Crippen molar-refractivity contribution in [1.82, 2.24) is 0 Å². The van der Waals surface area contributed by atoms with Gasteiger partial charge in [0.15, 0.2) is 0 Å². The van der Waals surface area contributed by atoms with Crippen molar-refractivity contribution in [3.05, 3.63) is 68.7 Å². The molecule has 0 fully saturated rings. The second-order valence-corrected chi connectivity index (χ2v) is 5.19. The van der Waals surface area contributed by atoms with Crippen LogP contribution in [-0.4, -0.2) is 5.11 Å². The molecule has 0 spiro atoms. The van der Waals surface area contributed by atoms with Gasteiger partial charge in [0.25, 0.3) is 0 Å². The third kappa shape index (κ3) is 2.71. The lowest BCUT2D eigenvalue weighted by molar-refractivity contribution is 0.220. The Hall–Kier alpha value is -0.830. The van der Waals surface area contributed by atoms with Crippen LogP contribution in [0.4, 0.5) is 0 Å². The summed E-state index contributed by atoms with van der Waals surface area (Å²) in [6.45, 7) is 1.99. The molecule has 0 aliphatic carbocycles. The zero-order chi connectivity index (χ0) is 12.4. The number of aliphatic hydroxyl groups is 1. The van der Waals surface area contributed by atoms with Gasteiger partial charge in [-0.2, -0.15) is 0 Å². The van der Waals surface area contributed by atoms with Gasteiger partial charge in [0.1, 0.15) is 6.10 Å². The molecule has 2 aromatic carbocycles. The Morgan fingerprint density at radius 3 is 2.53 bits per heavy atom. The van der Waals surface area contributed by atoms with Crippen molar-refractivity contribution in [3.63, 3.8) is 0 Å². The minimum atomic E-state index is -0.685. The molecule has 2 rings (SSSR count). The summed E-state index contributed by atoms with van der Waals surface area (Å²) in [7, 11) is 0. The fraction of sp³-hybridized carbons (Fsp3) is 0.143. The van der Waals surface area contributed by atoms with Crippen LogP contribution in [0.2, 0.25) is 5.02 Å². The maximum Gasteiger partial charge on any atom is 0.105 e. The van der Waals surface area contributed by atoms with E-state index in [0.29, 0.717) is 5.02 Å². The molecular formula is C14H12BrClO. The maximum absolute atomic E-state index is 10.3. The molecule has 0 radical (unpaired) electrons. The smallest absolute Gasteiger partial charge is 0.105 e. The van der Waals surface area contributed by atoms with E-state index in [1.54, 1.807) is 6.07 Å². The van der Waals surface area contributed by atoms with E-state index < -0.39 is 6.10 Å². The number of benzene rings is 2. The van der Waals surface area contributed by atoms with Gasteiger partial charge in [-0.3, -0.25) is 0 Å². The molecule has 1 N–H and O–H groups in total. The van der Waals surface area contributed by atoms with Gasteiger partial charge >= 0.3 is 0 Å². The Labute approximate surface area is 114 Å². The molecule has 1 nitrogen and oxygen atoms in total. The van der Waals surface area contributed by atoms with Gasteiger partial charge in [0, 0.05) is 15.1 Å². The molecule has 0 aromatic heterocycles. The summed E-state index contributed by atoms with van der Waals surface area (Å²) in [6, 6.07) is 13.1. The van der Waals surface area contributed by atoms with Crippen LogP contribution in [-0.2, 0) is 0 Å². The van der Waals surface area contributed by atoms with Gasteiger partial charge < -0.3 is 5.11 Å². The Balaban J connectivity index is 2.40. The van der Waals surface area contributed by atoms with Gasteiger partial charge in [0.2, 0.25) is 0 Å². The van der Waals surface area contributed by atoms with E-state index in [4.69, 9.17) is 11.6 Å². The first-order chi connectivity index (χ1) is 8.09. The highest BCUT2D eigenvalue weighted by atomic mass is 79.9. The van der Waals surface area contributed by atoms with Crippen molar-refractivity contribution >= 4 is 27.5 Å². The first-order valence-electron chi connectivity index (χ1n) is 5.28. The molecule has 17 heavy (non-hydrogen) atoms. The van der Waals surface area contributed by atoms with Crippen LogP contribution >= 0.6 is 27.5 Å². The molecule has 2 aromatic rings. The summed E-state index contributed by atoms with van der Waals surface area (Å²) in [5.41, 5.74) is 2.67. The standard InChI is InChI=1S/C14H12BrClO/c1-9-8-10(6-7-12(9)15)14(17)11-4-2-3-5-13(11)16/h2-8,14,17H,1H3. The van der Waals surface area contributed by atoms with Crippen molar-refractivity contribution in [1.29, 1.82) is 0 Å². The van der Waals surface area contributed by atoms with Crippen LogP contribution in [0.15, 0.2) is 46.9 Å². The monoisotopic (exact) mass is 310 g/mol. The summed E-state index contributed by atoms with van der Waals surface area (Å²) < 4.78 is 1.03. The molecule has 0 amide bonds. The first-order valence-corrected chi connectivity index (χ1v) is 6.45. The third-order valence-electron chi connectivity index (χ3n) is 2.70. The topological polar surface area (TPSA) is 20.2 Å². The highest BCUT2D eigenvalue weighted by molar-refractivity contribution is 9.10. The molecule has 88 valence electrons. The lowest BCUT2D eigenvalue weighted by atomic mass is 10.00. The molecular weight excluding hydrogens is 300 g/mol. The van der Waals surface area contributed by atoms with Crippen LogP contribution in [0.5, 0.6) is 0 Å². The minimum Gasteiger partial charge on any atom is -0.384 e. The van der Waals surface area contributed by atoms with Gasteiger partial charge in [-0.15, -0.1) is 0 Å². The lowest BCUT2D eigenvalue weighted by Gasteiger charge is -2.14. The van der Waals surface area contributed by atoms with E-state index in [9.17, 15) is 5.11 Å². The number of aliphatic hydroxyl groups excluding tert-OH is 1. The van der Waals surface area contributed by atoms with E-state index in [-0.39, 0.29) is 0 Å². The Bertz CT molecular complexity index is 539. The average molecular weight is 312 g/mol. The molecule has 0 bridgehead atoms. The summed E-state index contributed by atoms with van der Waals surface area (Å²) in [5.74, 6) is 0. The van der Waals surface area contributed by atoms with Crippen molar-refractivity contribution in [2.45, 2.75) is 13.0 Å². The van der Waals surface area contributed by atoms with Crippen LogP contribution in [0.3, 0.4) is 0 Å². The number of hydrogen-bond donors (Lipinski definition) is 1. The highest BCUT2D eigenvalue weighted by Gasteiger charge is 2.13. The van der Waals surface area contributed by atoms with E-state index in [0.717, 1.165) is 21.2 Å². The van der Waals surface area contributed by atoms with Crippen molar-refractivity contribution < 1.29 is 5.11 Å². The summed E-state index contributed by atoms with van der Waals surface area (Å²) in [6.07, 6.45) is -0.685. The van der Waals surface area contributed by atoms with Crippen LogP contribution in [0.1, 0.15) is 22.8 Å².